The van der Waals surface area contributed by atoms with Gasteiger partial charge < -0.3 is 9.47 Å². The van der Waals surface area contributed by atoms with Gasteiger partial charge in [0.1, 0.15) is 0 Å². The molecule has 0 amide bonds. The molecule has 146 valence electrons. The molecule has 0 N–H and O–H groups in total. The molecule has 0 heterocycles. The van der Waals surface area contributed by atoms with E-state index in [4.69, 9.17) is 9.47 Å². The summed E-state index contributed by atoms with van der Waals surface area (Å²) in [6.45, 7) is 8.22. The summed E-state index contributed by atoms with van der Waals surface area (Å²) in [5, 5.41) is 0. The highest BCUT2D eigenvalue weighted by atomic mass is 16.5. The van der Waals surface area contributed by atoms with Crippen LogP contribution in [0.5, 0.6) is 0 Å². The summed E-state index contributed by atoms with van der Waals surface area (Å²) in [5.41, 5.74) is 0. The van der Waals surface area contributed by atoms with Crippen molar-refractivity contribution in [3.63, 3.8) is 0 Å². The van der Waals surface area contributed by atoms with Gasteiger partial charge in [-0.2, -0.15) is 0 Å². The van der Waals surface area contributed by atoms with Crippen LogP contribution in [0.1, 0.15) is 97.3 Å². The fraction of sp³-hybridized carbons (Fsp3) is 0.810. The molecule has 0 rings (SSSR count). The highest BCUT2D eigenvalue weighted by Crippen LogP contribution is 2.09. The molecule has 0 radical (unpaired) electrons. The molecule has 4 heteroatoms. The lowest BCUT2D eigenvalue weighted by Crippen LogP contribution is -2.16. The second-order valence-corrected chi connectivity index (χ2v) is 6.72. The molecule has 0 fully saturated rings. The van der Waals surface area contributed by atoms with Crippen LogP contribution in [0.3, 0.4) is 0 Å². The van der Waals surface area contributed by atoms with Crippen molar-refractivity contribution in [3.8, 4) is 0 Å². The number of hydrogen-bond donors (Lipinski definition) is 0. The van der Waals surface area contributed by atoms with Gasteiger partial charge in [-0.1, -0.05) is 51.5 Å². The van der Waals surface area contributed by atoms with E-state index in [1.54, 1.807) is 0 Å². The van der Waals surface area contributed by atoms with Crippen LogP contribution in [0.15, 0.2) is 12.7 Å². The minimum Gasteiger partial charge on any atom is -0.466 e. The Morgan fingerprint density at radius 3 is 2.24 bits per heavy atom. The average Bonchev–Trinajstić information content (AvgIpc) is 2.58. The second-order valence-electron chi connectivity index (χ2n) is 6.72. The standard InChI is InChI=1S/C21H38O4/c1-4-6-8-9-10-11-12-14-18-24-20(22)16-17-21(23)25-19(3)15-13-7-5-2/h4,19H,1,5-18H2,2-3H3. The number of unbranched alkanes of at least 4 members (excludes halogenated alkanes) is 8. The third kappa shape index (κ3) is 17.3. The molecule has 0 saturated heterocycles. The first-order valence-corrected chi connectivity index (χ1v) is 10.1. The van der Waals surface area contributed by atoms with Crippen molar-refractivity contribution in [2.24, 2.45) is 0 Å². The summed E-state index contributed by atoms with van der Waals surface area (Å²) >= 11 is 0. The van der Waals surface area contributed by atoms with Crippen LogP contribution in [-0.4, -0.2) is 24.6 Å². The molecular formula is C21H38O4. The molecule has 0 aliphatic carbocycles. The number of allylic oxidation sites excluding steroid dienone is 1. The maximum Gasteiger partial charge on any atom is 0.306 e. The summed E-state index contributed by atoms with van der Waals surface area (Å²) in [7, 11) is 0. The molecule has 1 unspecified atom stereocenters. The van der Waals surface area contributed by atoms with Crippen LogP contribution in [0.4, 0.5) is 0 Å². The Morgan fingerprint density at radius 2 is 1.56 bits per heavy atom. The van der Waals surface area contributed by atoms with Crippen LogP contribution < -0.4 is 0 Å². The molecule has 0 aromatic rings. The maximum absolute atomic E-state index is 11.7. The third-order valence-corrected chi connectivity index (χ3v) is 4.15. The minimum atomic E-state index is -0.305. The molecular weight excluding hydrogens is 316 g/mol. The van der Waals surface area contributed by atoms with Crippen LogP contribution >= 0.6 is 0 Å². The van der Waals surface area contributed by atoms with Crippen LogP contribution in [0.25, 0.3) is 0 Å². The SMILES string of the molecule is C=CCCCCCCCCOC(=O)CCC(=O)OC(C)CCCCC. The summed E-state index contributed by atoms with van der Waals surface area (Å²) in [6, 6.07) is 0. The summed E-state index contributed by atoms with van der Waals surface area (Å²) in [4.78, 5) is 23.3. The van der Waals surface area contributed by atoms with Gasteiger partial charge in [0.25, 0.3) is 0 Å². The number of ether oxygens (including phenoxy) is 2. The normalized spacial score (nSPS) is 11.8. The number of esters is 2. The Hall–Kier alpha value is -1.32. The Labute approximate surface area is 154 Å². The van der Waals surface area contributed by atoms with Gasteiger partial charge in [0.15, 0.2) is 0 Å². The molecule has 0 saturated carbocycles. The number of carbonyl (C=O) groups is 2. The lowest BCUT2D eigenvalue weighted by molar-refractivity contribution is -0.153. The zero-order chi connectivity index (χ0) is 18.8. The van der Waals surface area contributed by atoms with Crippen LogP contribution in [-0.2, 0) is 19.1 Å². The lowest BCUT2D eigenvalue weighted by atomic mass is 10.1. The van der Waals surface area contributed by atoms with Crippen molar-refractivity contribution >= 4 is 11.9 Å². The lowest BCUT2D eigenvalue weighted by Gasteiger charge is -2.12. The Morgan fingerprint density at radius 1 is 0.920 bits per heavy atom. The molecule has 0 aromatic carbocycles. The average molecular weight is 355 g/mol. The predicted octanol–water partition coefficient (Wildman–Crippen LogP) is 5.74. The van der Waals surface area contributed by atoms with Gasteiger partial charge >= 0.3 is 11.9 Å². The van der Waals surface area contributed by atoms with E-state index in [1.165, 1.54) is 25.7 Å². The zero-order valence-electron chi connectivity index (χ0n) is 16.4. The van der Waals surface area contributed by atoms with Gasteiger partial charge in [-0.3, -0.25) is 9.59 Å². The van der Waals surface area contributed by atoms with Gasteiger partial charge in [-0.25, -0.2) is 0 Å². The molecule has 0 aliphatic heterocycles. The van der Waals surface area contributed by atoms with E-state index in [9.17, 15) is 9.59 Å². The fourth-order valence-electron chi connectivity index (χ4n) is 2.58. The predicted molar refractivity (Wildman–Crippen MR) is 102 cm³/mol. The molecule has 4 nitrogen and oxygen atoms in total. The van der Waals surface area contributed by atoms with Crippen molar-refractivity contribution in [1.82, 2.24) is 0 Å². The van der Waals surface area contributed by atoms with Gasteiger partial charge in [0.2, 0.25) is 0 Å². The first kappa shape index (κ1) is 23.7. The van der Waals surface area contributed by atoms with Gasteiger partial charge in [0.05, 0.1) is 25.6 Å². The van der Waals surface area contributed by atoms with Crippen molar-refractivity contribution in [1.29, 1.82) is 0 Å². The molecule has 25 heavy (non-hydrogen) atoms. The van der Waals surface area contributed by atoms with E-state index in [0.717, 1.165) is 44.9 Å². The highest BCUT2D eigenvalue weighted by molar-refractivity contribution is 5.77. The molecule has 0 spiro atoms. The van der Waals surface area contributed by atoms with Gasteiger partial charge in [-0.15, -0.1) is 6.58 Å². The first-order chi connectivity index (χ1) is 12.1. The molecule has 0 aromatic heterocycles. The van der Waals surface area contributed by atoms with Crippen molar-refractivity contribution < 1.29 is 19.1 Å². The van der Waals surface area contributed by atoms with Crippen molar-refractivity contribution in [2.45, 2.75) is 103 Å². The van der Waals surface area contributed by atoms with Crippen LogP contribution in [0, 0.1) is 0 Å². The molecule has 0 bridgehead atoms. The quantitative estimate of drug-likeness (QED) is 0.190. The Balaban J connectivity index is 3.47. The van der Waals surface area contributed by atoms with Crippen molar-refractivity contribution in [2.75, 3.05) is 6.61 Å². The highest BCUT2D eigenvalue weighted by Gasteiger charge is 2.12. The van der Waals surface area contributed by atoms with Gasteiger partial charge in [-0.05, 0) is 39.0 Å². The maximum atomic E-state index is 11.7. The van der Waals surface area contributed by atoms with E-state index in [2.05, 4.69) is 13.5 Å². The third-order valence-electron chi connectivity index (χ3n) is 4.15. The van der Waals surface area contributed by atoms with E-state index < -0.39 is 0 Å². The van der Waals surface area contributed by atoms with E-state index in [1.807, 2.05) is 13.0 Å². The van der Waals surface area contributed by atoms with Gasteiger partial charge in [0, 0.05) is 0 Å². The van der Waals surface area contributed by atoms with Crippen molar-refractivity contribution in [3.05, 3.63) is 12.7 Å². The van der Waals surface area contributed by atoms with E-state index in [0.29, 0.717) is 6.61 Å². The Bertz CT molecular complexity index is 352. The fourth-order valence-corrected chi connectivity index (χ4v) is 2.58. The Kier molecular flexibility index (Phi) is 16.6. The topological polar surface area (TPSA) is 52.6 Å². The molecule has 0 aliphatic rings. The largest absolute Gasteiger partial charge is 0.466 e. The van der Waals surface area contributed by atoms with E-state index >= 15 is 0 Å². The second kappa shape index (κ2) is 17.5. The smallest absolute Gasteiger partial charge is 0.306 e. The minimum absolute atomic E-state index is 0.0680. The zero-order valence-corrected chi connectivity index (χ0v) is 16.4. The number of hydrogen-bond acceptors (Lipinski definition) is 4. The molecule has 1 atom stereocenters. The number of rotatable bonds is 17. The number of carbonyl (C=O) groups excluding carboxylic acids is 2. The van der Waals surface area contributed by atoms with E-state index in [-0.39, 0.29) is 30.9 Å². The first-order valence-electron chi connectivity index (χ1n) is 10.1. The summed E-state index contributed by atoms with van der Waals surface area (Å²) in [6.07, 6.45) is 14.3. The van der Waals surface area contributed by atoms with Crippen LogP contribution in [0.2, 0.25) is 0 Å². The summed E-state index contributed by atoms with van der Waals surface area (Å²) in [5.74, 6) is -0.609. The monoisotopic (exact) mass is 354 g/mol. The summed E-state index contributed by atoms with van der Waals surface area (Å²) < 4.78 is 10.5.